The lowest BCUT2D eigenvalue weighted by Gasteiger charge is -2.37. The van der Waals surface area contributed by atoms with Crippen molar-refractivity contribution in [1.29, 1.82) is 0 Å². The van der Waals surface area contributed by atoms with Gasteiger partial charge in [0, 0.05) is 25.2 Å². The van der Waals surface area contributed by atoms with Gasteiger partial charge in [-0.3, -0.25) is 0 Å². The van der Waals surface area contributed by atoms with E-state index in [1.807, 2.05) is 6.07 Å². The summed E-state index contributed by atoms with van der Waals surface area (Å²) < 4.78 is 5.11. The second-order valence-electron chi connectivity index (χ2n) is 5.04. The lowest BCUT2D eigenvalue weighted by molar-refractivity contribution is 0.354. The summed E-state index contributed by atoms with van der Waals surface area (Å²) in [6.07, 6.45) is 4.33. The van der Waals surface area contributed by atoms with Gasteiger partial charge in [-0.15, -0.1) is 5.10 Å². The Morgan fingerprint density at radius 2 is 2.06 bits per heavy atom. The highest BCUT2D eigenvalue weighted by atomic mass is 16.5. The molecule has 2 bridgehead atoms. The van der Waals surface area contributed by atoms with Gasteiger partial charge < -0.3 is 15.4 Å². The van der Waals surface area contributed by atoms with E-state index in [4.69, 9.17) is 10.5 Å². The highest BCUT2D eigenvalue weighted by molar-refractivity contribution is 5.47. The maximum atomic E-state index is 6.20. The van der Waals surface area contributed by atoms with Gasteiger partial charge in [-0.05, 0) is 24.7 Å². The molecule has 1 aromatic rings. The molecule has 2 fully saturated rings. The van der Waals surface area contributed by atoms with Crippen LogP contribution in [0.1, 0.15) is 12.8 Å². The standard InChI is InChI=1S/C12H18N4O/c1-17-11-4-10(5-14-15-11)16-6-8-2-3-9(7-16)12(8)13/h4-5,8-9,12H,2-3,6-7,13H2,1H3. The minimum absolute atomic E-state index is 0.392. The van der Waals surface area contributed by atoms with Crippen molar-refractivity contribution >= 4 is 5.69 Å². The van der Waals surface area contributed by atoms with Crippen molar-refractivity contribution < 1.29 is 4.74 Å². The van der Waals surface area contributed by atoms with Gasteiger partial charge in [0.25, 0.3) is 0 Å². The number of aromatic nitrogens is 2. The minimum atomic E-state index is 0.392. The average Bonchev–Trinajstić information content (AvgIpc) is 2.61. The number of methoxy groups -OCH3 is 1. The molecule has 2 N–H and O–H groups in total. The van der Waals surface area contributed by atoms with Gasteiger partial charge in [0.05, 0.1) is 19.0 Å². The molecule has 0 aromatic carbocycles. The van der Waals surface area contributed by atoms with Gasteiger partial charge in [-0.25, -0.2) is 0 Å². The van der Waals surface area contributed by atoms with Crippen LogP contribution in [0.25, 0.3) is 0 Å². The fourth-order valence-corrected chi connectivity index (χ4v) is 3.09. The molecule has 1 saturated heterocycles. The van der Waals surface area contributed by atoms with E-state index in [9.17, 15) is 0 Å². The second-order valence-corrected chi connectivity index (χ2v) is 5.04. The largest absolute Gasteiger partial charge is 0.480 e. The van der Waals surface area contributed by atoms with Crippen LogP contribution in [0.4, 0.5) is 5.69 Å². The highest BCUT2D eigenvalue weighted by Crippen LogP contribution is 2.37. The molecular formula is C12H18N4O. The zero-order valence-corrected chi connectivity index (χ0v) is 10.0. The summed E-state index contributed by atoms with van der Waals surface area (Å²) in [5.41, 5.74) is 7.30. The number of hydrogen-bond donors (Lipinski definition) is 1. The number of nitrogens with two attached hydrogens (primary N) is 1. The van der Waals surface area contributed by atoms with E-state index < -0.39 is 0 Å². The zero-order valence-electron chi connectivity index (χ0n) is 10.0. The Hall–Kier alpha value is -1.36. The molecule has 92 valence electrons. The first kappa shape index (κ1) is 10.8. The van der Waals surface area contributed by atoms with Crippen LogP contribution in [-0.4, -0.2) is 36.4 Å². The number of nitrogens with zero attached hydrogens (tertiary/aromatic N) is 3. The number of ether oxygens (including phenoxy) is 1. The Morgan fingerprint density at radius 1 is 1.35 bits per heavy atom. The summed E-state index contributed by atoms with van der Waals surface area (Å²) in [7, 11) is 1.61. The van der Waals surface area contributed by atoms with E-state index in [0.29, 0.717) is 23.8 Å². The number of piperidine rings is 1. The zero-order chi connectivity index (χ0) is 11.8. The van der Waals surface area contributed by atoms with Gasteiger partial charge in [0.2, 0.25) is 5.88 Å². The molecule has 1 aliphatic carbocycles. The normalized spacial score (nSPS) is 31.6. The van der Waals surface area contributed by atoms with Gasteiger partial charge in [0.1, 0.15) is 0 Å². The van der Waals surface area contributed by atoms with Gasteiger partial charge in [-0.2, -0.15) is 5.10 Å². The molecule has 0 amide bonds. The number of fused-ring (bicyclic) bond motifs is 2. The van der Waals surface area contributed by atoms with E-state index >= 15 is 0 Å². The Labute approximate surface area is 101 Å². The predicted octanol–water partition coefficient (Wildman–Crippen LogP) is 0.659. The van der Waals surface area contributed by atoms with Crippen molar-refractivity contribution in [3.63, 3.8) is 0 Å². The molecule has 1 aliphatic heterocycles. The summed E-state index contributed by atoms with van der Waals surface area (Å²) >= 11 is 0. The Morgan fingerprint density at radius 3 is 2.71 bits per heavy atom. The van der Waals surface area contributed by atoms with E-state index in [2.05, 4.69) is 15.1 Å². The molecule has 5 nitrogen and oxygen atoms in total. The molecule has 2 heterocycles. The first-order valence-electron chi connectivity index (χ1n) is 6.15. The maximum Gasteiger partial charge on any atom is 0.235 e. The van der Waals surface area contributed by atoms with Crippen molar-refractivity contribution in [3.8, 4) is 5.88 Å². The minimum Gasteiger partial charge on any atom is -0.480 e. The maximum absolute atomic E-state index is 6.20. The van der Waals surface area contributed by atoms with Gasteiger partial charge in [0.15, 0.2) is 0 Å². The molecule has 2 unspecified atom stereocenters. The highest BCUT2D eigenvalue weighted by Gasteiger charge is 2.39. The molecule has 5 heteroatoms. The summed E-state index contributed by atoms with van der Waals surface area (Å²) in [4.78, 5) is 2.36. The van der Waals surface area contributed by atoms with Gasteiger partial charge in [-0.1, -0.05) is 0 Å². The quantitative estimate of drug-likeness (QED) is 0.814. The lowest BCUT2D eigenvalue weighted by atomic mass is 9.93. The Kier molecular flexibility index (Phi) is 2.63. The van der Waals surface area contributed by atoms with E-state index in [1.54, 1.807) is 13.3 Å². The topological polar surface area (TPSA) is 64.3 Å². The summed E-state index contributed by atoms with van der Waals surface area (Å²) in [6.45, 7) is 2.07. The predicted molar refractivity (Wildman–Crippen MR) is 65.0 cm³/mol. The number of anilines is 1. The van der Waals surface area contributed by atoms with Crippen molar-refractivity contribution in [2.24, 2.45) is 17.6 Å². The van der Waals surface area contributed by atoms with Crippen molar-refractivity contribution in [2.45, 2.75) is 18.9 Å². The SMILES string of the molecule is COc1cc(N2CC3CCC(C2)C3N)cnn1. The van der Waals surface area contributed by atoms with Crippen LogP contribution in [0.2, 0.25) is 0 Å². The van der Waals surface area contributed by atoms with Crippen molar-refractivity contribution in [3.05, 3.63) is 12.3 Å². The van der Waals surface area contributed by atoms with Crippen LogP contribution < -0.4 is 15.4 Å². The smallest absolute Gasteiger partial charge is 0.235 e. The van der Waals surface area contributed by atoms with Crippen LogP contribution in [0.3, 0.4) is 0 Å². The van der Waals surface area contributed by atoms with Crippen molar-refractivity contribution in [2.75, 3.05) is 25.1 Å². The third-order valence-electron chi connectivity index (χ3n) is 4.10. The average molecular weight is 234 g/mol. The van der Waals surface area contributed by atoms with Crippen LogP contribution in [0, 0.1) is 11.8 Å². The first-order chi connectivity index (χ1) is 8.28. The Balaban J connectivity index is 1.81. The third kappa shape index (κ3) is 1.84. The molecule has 3 rings (SSSR count). The molecular weight excluding hydrogens is 216 g/mol. The van der Waals surface area contributed by atoms with E-state index in [-0.39, 0.29) is 0 Å². The van der Waals surface area contributed by atoms with E-state index in [0.717, 1.165) is 18.8 Å². The van der Waals surface area contributed by atoms with Crippen LogP contribution in [-0.2, 0) is 0 Å². The summed E-state index contributed by atoms with van der Waals surface area (Å²) in [5.74, 6) is 1.84. The number of hydrogen-bond acceptors (Lipinski definition) is 5. The molecule has 2 atom stereocenters. The van der Waals surface area contributed by atoms with Crippen LogP contribution >= 0.6 is 0 Å². The van der Waals surface area contributed by atoms with Gasteiger partial charge >= 0.3 is 0 Å². The molecule has 2 aliphatic rings. The monoisotopic (exact) mass is 234 g/mol. The first-order valence-corrected chi connectivity index (χ1v) is 6.15. The summed E-state index contributed by atoms with van der Waals surface area (Å²) in [5, 5.41) is 7.87. The van der Waals surface area contributed by atoms with Crippen molar-refractivity contribution in [1.82, 2.24) is 10.2 Å². The molecule has 1 aromatic heterocycles. The number of rotatable bonds is 2. The molecule has 17 heavy (non-hydrogen) atoms. The summed E-state index contributed by atoms with van der Waals surface area (Å²) in [6, 6.07) is 2.34. The third-order valence-corrected chi connectivity index (χ3v) is 4.10. The molecule has 0 spiro atoms. The molecule has 1 saturated carbocycles. The lowest BCUT2D eigenvalue weighted by Crippen LogP contribution is -2.48. The van der Waals surface area contributed by atoms with E-state index in [1.165, 1.54) is 12.8 Å². The fraction of sp³-hybridized carbons (Fsp3) is 0.667. The second kappa shape index (κ2) is 4.14. The molecule has 0 radical (unpaired) electrons. The van der Waals surface area contributed by atoms with Crippen LogP contribution in [0.15, 0.2) is 12.3 Å². The van der Waals surface area contributed by atoms with Crippen LogP contribution in [0.5, 0.6) is 5.88 Å². The Bertz CT molecular complexity index is 397. The fourth-order valence-electron chi connectivity index (χ4n) is 3.09.